The topological polar surface area (TPSA) is 92.4 Å². The van der Waals surface area contributed by atoms with Crippen LogP contribution in [0, 0.1) is 5.41 Å². The molecule has 0 atom stereocenters. The van der Waals surface area contributed by atoms with E-state index in [2.05, 4.69) is 5.32 Å². The highest BCUT2D eigenvalue weighted by molar-refractivity contribution is 5.77. The highest BCUT2D eigenvalue weighted by Crippen LogP contribution is 2.30. The largest absolute Gasteiger partial charge is 0.481 e. The summed E-state index contributed by atoms with van der Waals surface area (Å²) in [5.41, 5.74) is 5.80. The number of nitrogens with two attached hydrogens (primary N) is 1. The zero-order chi connectivity index (χ0) is 15.2. The minimum atomic E-state index is -0.770. The fourth-order valence-electron chi connectivity index (χ4n) is 2.75. The van der Waals surface area contributed by atoms with Gasteiger partial charge in [-0.05, 0) is 31.1 Å². The fraction of sp³-hybridized carbons (Fsp3) is 0.867. The third-order valence-electron chi connectivity index (χ3n) is 4.25. The molecule has 0 aromatic carbocycles. The third-order valence-corrected chi connectivity index (χ3v) is 4.25. The van der Waals surface area contributed by atoms with Gasteiger partial charge >= 0.3 is 5.97 Å². The predicted molar refractivity (Wildman–Crippen MR) is 78.3 cm³/mol. The summed E-state index contributed by atoms with van der Waals surface area (Å²) in [6.07, 6.45) is 6.09. The first-order chi connectivity index (χ1) is 9.22. The van der Waals surface area contributed by atoms with Gasteiger partial charge in [0, 0.05) is 24.9 Å². The van der Waals surface area contributed by atoms with E-state index in [0.29, 0.717) is 19.4 Å². The van der Waals surface area contributed by atoms with Crippen molar-refractivity contribution in [3.63, 3.8) is 0 Å². The minimum Gasteiger partial charge on any atom is -0.481 e. The summed E-state index contributed by atoms with van der Waals surface area (Å²) >= 11 is 0. The molecular formula is C15H28N2O3. The van der Waals surface area contributed by atoms with Gasteiger partial charge in [-0.2, -0.15) is 0 Å². The van der Waals surface area contributed by atoms with Crippen molar-refractivity contribution < 1.29 is 14.7 Å². The van der Waals surface area contributed by atoms with Crippen LogP contribution in [0.15, 0.2) is 0 Å². The van der Waals surface area contributed by atoms with Gasteiger partial charge in [0.2, 0.25) is 5.91 Å². The Balaban J connectivity index is 2.22. The Morgan fingerprint density at radius 1 is 1.25 bits per heavy atom. The SMILES string of the molecule is CC(C)(CCNC(=O)CC1(N)CCCC1)CCC(=O)O. The van der Waals surface area contributed by atoms with Crippen molar-refractivity contribution in [3.05, 3.63) is 0 Å². The van der Waals surface area contributed by atoms with E-state index < -0.39 is 5.97 Å². The van der Waals surface area contributed by atoms with Crippen LogP contribution < -0.4 is 11.1 Å². The van der Waals surface area contributed by atoms with E-state index in [4.69, 9.17) is 10.8 Å². The van der Waals surface area contributed by atoms with Gasteiger partial charge in [-0.15, -0.1) is 0 Å². The van der Waals surface area contributed by atoms with E-state index in [9.17, 15) is 9.59 Å². The Morgan fingerprint density at radius 3 is 2.40 bits per heavy atom. The highest BCUT2D eigenvalue weighted by Gasteiger charge is 2.31. The first-order valence-electron chi connectivity index (χ1n) is 7.50. The number of nitrogens with one attached hydrogen (secondary N) is 1. The number of carboxylic acids is 1. The number of hydrogen-bond donors (Lipinski definition) is 3. The van der Waals surface area contributed by atoms with Crippen LogP contribution in [-0.2, 0) is 9.59 Å². The van der Waals surface area contributed by atoms with Gasteiger partial charge < -0.3 is 16.2 Å². The molecule has 1 fully saturated rings. The molecular weight excluding hydrogens is 256 g/mol. The smallest absolute Gasteiger partial charge is 0.303 e. The van der Waals surface area contributed by atoms with E-state index >= 15 is 0 Å². The average Bonchev–Trinajstić information content (AvgIpc) is 2.73. The molecule has 0 heterocycles. The lowest BCUT2D eigenvalue weighted by Crippen LogP contribution is -2.42. The summed E-state index contributed by atoms with van der Waals surface area (Å²) in [7, 11) is 0. The van der Waals surface area contributed by atoms with Crippen molar-refractivity contribution in [1.82, 2.24) is 5.32 Å². The van der Waals surface area contributed by atoms with Crippen LogP contribution in [0.5, 0.6) is 0 Å². The van der Waals surface area contributed by atoms with E-state index in [1.54, 1.807) is 0 Å². The number of carboxylic acid groups (broad SMARTS) is 1. The lowest BCUT2D eigenvalue weighted by Gasteiger charge is -2.25. The Labute approximate surface area is 121 Å². The van der Waals surface area contributed by atoms with Gasteiger partial charge in [0.15, 0.2) is 0 Å². The number of rotatable bonds is 8. The normalized spacial score (nSPS) is 17.9. The molecule has 1 aliphatic carbocycles. The summed E-state index contributed by atoms with van der Waals surface area (Å²) in [5.74, 6) is -0.753. The van der Waals surface area contributed by atoms with Crippen LogP contribution in [0.25, 0.3) is 0 Å². The van der Waals surface area contributed by atoms with Gasteiger partial charge in [0.05, 0.1) is 0 Å². The number of carbonyl (C=O) groups excluding carboxylic acids is 1. The van der Waals surface area contributed by atoms with Crippen LogP contribution >= 0.6 is 0 Å². The zero-order valence-electron chi connectivity index (χ0n) is 12.7. The maximum absolute atomic E-state index is 11.9. The molecule has 0 aromatic rings. The zero-order valence-corrected chi connectivity index (χ0v) is 12.7. The molecule has 0 aliphatic heterocycles. The van der Waals surface area contributed by atoms with Crippen molar-refractivity contribution in [2.45, 2.75) is 70.8 Å². The molecule has 0 aromatic heterocycles. The lowest BCUT2D eigenvalue weighted by atomic mass is 9.84. The van der Waals surface area contributed by atoms with Crippen molar-refractivity contribution in [1.29, 1.82) is 0 Å². The molecule has 5 nitrogen and oxygen atoms in total. The summed E-state index contributed by atoms with van der Waals surface area (Å²) in [4.78, 5) is 22.4. The van der Waals surface area contributed by atoms with Gasteiger partial charge in [-0.3, -0.25) is 9.59 Å². The quantitative estimate of drug-likeness (QED) is 0.636. The molecule has 20 heavy (non-hydrogen) atoms. The van der Waals surface area contributed by atoms with Crippen molar-refractivity contribution in [2.24, 2.45) is 11.1 Å². The van der Waals surface area contributed by atoms with Crippen LogP contribution in [0.3, 0.4) is 0 Å². The molecule has 1 saturated carbocycles. The van der Waals surface area contributed by atoms with Crippen LogP contribution in [0.4, 0.5) is 0 Å². The Morgan fingerprint density at radius 2 is 1.85 bits per heavy atom. The molecule has 5 heteroatoms. The molecule has 1 rings (SSSR count). The van der Waals surface area contributed by atoms with E-state index in [1.165, 1.54) is 0 Å². The summed E-state index contributed by atoms with van der Waals surface area (Å²) in [6.45, 7) is 4.65. The summed E-state index contributed by atoms with van der Waals surface area (Å²) in [5, 5.41) is 11.6. The van der Waals surface area contributed by atoms with E-state index in [-0.39, 0.29) is 23.3 Å². The van der Waals surface area contributed by atoms with E-state index in [1.807, 2.05) is 13.8 Å². The molecule has 0 radical (unpaired) electrons. The van der Waals surface area contributed by atoms with Crippen LogP contribution in [-0.4, -0.2) is 29.1 Å². The number of carbonyl (C=O) groups is 2. The Hall–Kier alpha value is -1.10. The lowest BCUT2D eigenvalue weighted by molar-refractivity contribution is -0.137. The van der Waals surface area contributed by atoms with Crippen molar-refractivity contribution >= 4 is 11.9 Å². The highest BCUT2D eigenvalue weighted by atomic mass is 16.4. The number of aliphatic carboxylic acids is 1. The van der Waals surface area contributed by atoms with Gasteiger partial charge in [-0.25, -0.2) is 0 Å². The van der Waals surface area contributed by atoms with Crippen LogP contribution in [0.2, 0.25) is 0 Å². The maximum atomic E-state index is 11.9. The summed E-state index contributed by atoms with van der Waals surface area (Å²) in [6, 6.07) is 0. The van der Waals surface area contributed by atoms with Gasteiger partial charge in [0.1, 0.15) is 0 Å². The number of hydrogen-bond acceptors (Lipinski definition) is 3. The van der Waals surface area contributed by atoms with Gasteiger partial charge in [-0.1, -0.05) is 26.7 Å². The molecule has 4 N–H and O–H groups in total. The van der Waals surface area contributed by atoms with Gasteiger partial charge in [0.25, 0.3) is 0 Å². The van der Waals surface area contributed by atoms with Crippen LogP contribution in [0.1, 0.15) is 65.2 Å². The third kappa shape index (κ3) is 6.37. The first-order valence-corrected chi connectivity index (χ1v) is 7.50. The Kier molecular flexibility index (Phi) is 5.99. The first kappa shape index (κ1) is 17.0. The molecule has 0 bridgehead atoms. The van der Waals surface area contributed by atoms with E-state index in [0.717, 1.165) is 32.1 Å². The van der Waals surface area contributed by atoms with Crippen molar-refractivity contribution in [3.8, 4) is 0 Å². The van der Waals surface area contributed by atoms with Crippen molar-refractivity contribution in [2.75, 3.05) is 6.54 Å². The minimum absolute atomic E-state index is 0.0171. The number of amides is 1. The molecule has 116 valence electrons. The molecule has 0 unspecified atom stereocenters. The fourth-order valence-corrected chi connectivity index (χ4v) is 2.75. The standard InChI is InChI=1S/C15H28N2O3/c1-14(2,8-5-13(19)20)9-10-17-12(18)11-15(16)6-3-4-7-15/h3-11,16H2,1-2H3,(H,17,18)(H,19,20). The average molecular weight is 284 g/mol. The summed E-state index contributed by atoms with van der Waals surface area (Å²) < 4.78 is 0. The molecule has 0 spiro atoms. The maximum Gasteiger partial charge on any atom is 0.303 e. The predicted octanol–water partition coefficient (Wildman–Crippen LogP) is 2.05. The molecule has 0 saturated heterocycles. The second-order valence-corrected chi connectivity index (χ2v) is 6.90. The second-order valence-electron chi connectivity index (χ2n) is 6.90. The molecule has 1 aliphatic rings. The monoisotopic (exact) mass is 284 g/mol. The Bertz CT molecular complexity index is 347. The molecule has 1 amide bonds. The second kappa shape index (κ2) is 7.07.